The van der Waals surface area contributed by atoms with Crippen molar-refractivity contribution in [1.82, 2.24) is 0 Å². The van der Waals surface area contributed by atoms with Gasteiger partial charge in [0.25, 0.3) is 0 Å². The molecular weight excluding hydrogens is 302 g/mol. The zero-order valence-corrected chi connectivity index (χ0v) is 13.9. The molecule has 1 N–H and O–H groups in total. The van der Waals surface area contributed by atoms with Crippen LogP contribution >= 0.6 is 23.4 Å². The first-order valence-corrected chi connectivity index (χ1v) is 8.03. The Labute approximate surface area is 134 Å². The summed E-state index contributed by atoms with van der Waals surface area (Å²) in [6.45, 7) is 5.87. The number of anilines is 1. The number of amides is 1. The maximum Gasteiger partial charge on any atom is 0.237 e. The minimum atomic E-state index is -0.219. The molecule has 4 heteroatoms. The number of aryl methyl sites for hydroxylation is 2. The summed E-state index contributed by atoms with van der Waals surface area (Å²) in [6.07, 6.45) is 0. The molecule has 2 nitrogen and oxygen atoms in total. The first-order valence-electron chi connectivity index (χ1n) is 6.77. The minimum Gasteiger partial charge on any atom is -0.325 e. The van der Waals surface area contributed by atoms with E-state index in [4.69, 9.17) is 11.6 Å². The Morgan fingerprint density at radius 3 is 2.33 bits per heavy atom. The predicted molar refractivity (Wildman–Crippen MR) is 91.3 cm³/mol. The summed E-state index contributed by atoms with van der Waals surface area (Å²) in [5.41, 5.74) is 3.03. The summed E-state index contributed by atoms with van der Waals surface area (Å²) in [4.78, 5) is 13.3. The van der Waals surface area contributed by atoms with Gasteiger partial charge in [-0.25, -0.2) is 0 Å². The van der Waals surface area contributed by atoms with Crippen LogP contribution in [-0.2, 0) is 4.79 Å². The molecule has 0 fully saturated rings. The van der Waals surface area contributed by atoms with Gasteiger partial charge in [-0.1, -0.05) is 41.9 Å². The van der Waals surface area contributed by atoms with E-state index >= 15 is 0 Å². The van der Waals surface area contributed by atoms with Crippen molar-refractivity contribution in [1.29, 1.82) is 0 Å². The Hall–Kier alpha value is -1.45. The van der Waals surface area contributed by atoms with Gasteiger partial charge in [0.05, 0.1) is 10.3 Å². The van der Waals surface area contributed by atoms with E-state index in [1.54, 1.807) is 0 Å². The normalized spacial score (nSPS) is 12.0. The third kappa shape index (κ3) is 4.02. The molecule has 0 aliphatic heterocycles. The van der Waals surface area contributed by atoms with Crippen LogP contribution in [0.3, 0.4) is 0 Å². The lowest BCUT2D eigenvalue weighted by Gasteiger charge is -2.15. The molecule has 0 aromatic heterocycles. The third-order valence-electron chi connectivity index (χ3n) is 3.24. The molecule has 0 heterocycles. The molecule has 110 valence electrons. The van der Waals surface area contributed by atoms with Crippen LogP contribution in [0.1, 0.15) is 18.1 Å². The van der Waals surface area contributed by atoms with E-state index in [0.717, 1.165) is 21.7 Å². The van der Waals surface area contributed by atoms with Gasteiger partial charge in [0.1, 0.15) is 0 Å². The molecule has 2 aromatic rings. The van der Waals surface area contributed by atoms with E-state index in [1.807, 2.05) is 63.2 Å². The number of rotatable bonds is 4. The highest BCUT2D eigenvalue weighted by atomic mass is 35.5. The maximum atomic E-state index is 12.4. The number of para-hydroxylation sites is 1. The van der Waals surface area contributed by atoms with Crippen molar-refractivity contribution < 1.29 is 4.79 Å². The van der Waals surface area contributed by atoms with Gasteiger partial charge in [-0.15, -0.1) is 11.8 Å². The molecule has 1 atom stereocenters. The van der Waals surface area contributed by atoms with Crippen LogP contribution in [-0.4, -0.2) is 11.2 Å². The lowest BCUT2D eigenvalue weighted by Crippen LogP contribution is -2.23. The Morgan fingerprint density at radius 2 is 1.71 bits per heavy atom. The summed E-state index contributed by atoms with van der Waals surface area (Å²) >= 11 is 7.60. The monoisotopic (exact) mass is 319 g/mol. The Kier molecular flexibility index (Phi) is 5.32. The fraction of sp³-hybridized carbons (Fsp3) is 0.235. The molecule has 0 aliphatic carbocycles. The second kappa shape index (κ2) is 7.01. The number of hydrogen-bond donors (Lipinski definition) is 1. The van der Waals surface area contributed by atoms with Gasteiger partial charge in [-0.3, -0.25) is 4.79 Å². The summed E-state index contributed by atoms with van der Waals surface area (Å²) < 4.78 is 0. The number of benzene rings is 2. The summed E-state index contributed by atoms with van der Waals surface area (Å²) in [6, 6.07) is 13.5. The van der Waals surface area contributed by atoms with Crippen molar-refractivity contribution >= 4 is 35.0 Å². The van der Waals surface area contributed by atoms with Crippen LogP contribution in [0.5, 0.6) is 0 Å². The molecule has 2 aromatic carbocycles. The van der Waals surface area contributed by atoms with Gasteiger partial charge < -0.3 is 5.32 Å². The largest absolute Gasteiger partial charge is 0.325 e. The topological polar surface area (TPSA) is 29.1 Å². The summed E-state index contributed by atoms with van der Waals surface area (Å²) in [7, 11) is 0. The van der Waals surface area contributed by atoms with Gasteiger partial charge in [-0.2, -0.15) is 0 Å². The number of thioether (sulfide) groups is 1. The van der Waals surface area contributed by atoms with Crippen LogP contribution in [0, 0.1) is 13.8 Å². The summed E-state index contributed by atoms with van der Waals surface area (Å²) in [5.74, 6) is -0.0164. The fourth-order valence-electron chi connectivity index (χ4n) is 2.02. The van der Waals surface area contributed by atoms with E-state index in [1.165, 1.54) is 11.8 Å². The minimum absolute atomic E-state index is 0.0164. The van der Waals surface area contributed by atoms with E-state index in [9.17, 15) is 4.79 Å². The van der Waals surface area contributed by atoms with Crippen molar-refractivity contribution in [3.63, 3.8) is 0 Å². The zero-order chi connectivity index (χ0) is 15.4. The molecule has 1 unspecified atom stereocenters. The highest BCUT2D eigenvalue weighted by Crippen LogP contribution is 2.31. The fourth-order valence-corrected chi connectivity index (χ4v) is 3.17. The standard InChI is InChI=1S/C17H18ClNOS/c1-11-7-6-8-12(2)16(11)19-17(20)13(3)21-15-10-5-4-9-14(15)18/h4-10,13H,1-3H3,(H,19,20). The van der Waals surface area contributed by atoms with Gasteiger partial charge in [0, 0.05) is 10.6 Å². The van der Waals surface area contributed by atoms with Crippen molar-refractivity contribution in [2.45, 2.75) is 30.9 Å². The van der Waals surface area contributed by atoms with Crippen LogP contribution in [0.4, 0.5) is 5.69 Å². The highest BCUT2D eigenvalue weighted by Gasteiger charge is 2.17. The lowest BCUT2D eigenvalue weighted by molar-refractivity contribution is -0.115. The van der Waals surface area contributed by atoms with Crippen molar-refractivity contribution in [2.24, 2.45) is 0 Å². The van der Waals surface area contributed by atoms with E-state index in [-0.39, 0.29) is 11.2 Å². The first-order chi connectivity index (χ1) is 9.99. The molecule has 2 rings (SSSR count). The summed E-state index contributed by atoms with van der Waals surface area (Å²) in [5, 5.41) is 3.47. The quantitative estimate of drug-likeness (QED) is 0.796. The zero-order valence-electron chi connectivity index (χ0n) is 12.3. The molecular formula is C17H18ClNOS. The predicted octanol–water partition coefficient (Wildman–Crippen LogP) is 5.08. The average Bonchev–Trinajstić information content (AvgIpc) is 2.45. The molecule has 0 bridgehead atoms. The molecule has 1 amide bonds. The number of hydrogen-bond acceptors (Lipinski definition) is 2. The van der Waals surface area contributed by atoms with Crippen LogP contribution in [0.2, 0.25) is 5.02 Å². The van der Waals surface area contributed by atoms with Crippen LogP contribution in [0.25, 0.3) is 0 Å². The maximum absolute atomic E-state index is 12.4. The van der Waals surface area contributed by atoms with Crippen molar-refractivity contribution in [3.05, 3.63) is 58.6 Å². The molecule has 0 saturated carbocycles. The molecule has 0 radical (unpaired) electrons. The van der Waals surface area contributed by atoms with E-state index < -0.39 is 0 Å². The molecule has 21 heavy (non-hydrogen) atoms. The van der Waals surface area contributed by atoms with Crippen LogP contribution < -0.4 is 5.32 Å². The molecule has 0 aliphatic rings. The SMILES string of the molecule is Cc1cccc(C)c1NC(=O)C(C)Sc1ccccc1Cl. The molecule has 0 spiro atoms. The Bertz CT molecular complexity index is 637. The van der Waals surface area contributed by atoms with Gasteiger partial charge >= 0.3 is 0 Å². The smallest absolute Gasteiger partial charge is 0.237 e. The Balaban J connectivity index is 2.08. The Morgan fingerprint density at radius 1 is 1.10 bits per heavy atom. The van der Waals surface area contributed by atoms with Crippen LogP contribution in [0.15, 0.2) is 47.4 Å². The third-order valence-corrected chi connectivity index (χ3v) is 4.86. The number of nitrogens with one attached hydrogen (secondary N) is 1. The first kappa shape index (κ1) is 15.9. The second-order valence-corrected chi connectivity index (χ2v) is 6.74. The number of carbonyl (C=O) groups is 1. The van der Waals surface area contributed by atoms with Gasteiger partial charge in [-0.05, 0) is 44.0 Å². The number of carbonyl (C=O) groups excluding carboxylic acids is 1. The van der Waals surface area contributed by atoms with Gasteiger partial charge in [0.15, 0.2) is 0 Å². The average molecular weight is 320 g/mol. The van der Waals surface area contributed by atoms with Gasteiger partial charge in [0.2, 0.25) is 5.91 Å². The number of halogens is 1. The highest BCUT2D eigenvalue weighted by molar-refractivity contribution is 8.00. The van der Waals surface area contributed by atoms with Crippen molar-refractivity contribution in [3.8, 4) is 0 Å². The van der Waals surface area contributed by atoms with Crippen molar-refractivity contribution in [2.75, 3.05) is 5.32 Å². The molecule has 0 saturated heterocycles. The van der Waals surface area contributed by atoms with E-state index in [2.05, 4.69) is 5.32 Å². The van der Waals surface area contributed by atoms with E-state index in [0.29, 0.717) is 5.02 Å². The second-order valence-electron chi connectivity index (χ2n) is 4.95. The lowest BCUT2D eigenvalue weighted by atomic mass is 10.1.